The Hall–Kier alpha value is -0.260. The van der Waals surface area contributed by atoms with E-state index in [0.29, 0.717) is 5.41 Å². The van der Waals surface area contributed by atoms with E-state index in [1.807, 2.05) is 0 Å². The minimum atomic E-state index is 0. The molecule has 3 aliphatic carbocycles. The maximum absolute atomic E-state index is 4.07. The molecule has 3 saturated carbocycles. The van der Waals surface area contributed by atoms with Crippen LogP contribution in [0.4, 0.5) is 0 Å². The molecule has 0 radical (unpaired) electrons. The molecular weight excluding hydrogens is 312 g/mol. The monoisotopic (exact) mass is 360 g/mol. The topological polar surface area (TPSA) is 0 Å². The summed E-state index contributed by atoms with van der Waals surface area (Å²) in [5, 5.41) is 0. The molecule has 3 aliphatic rings. The molecule has 0 heterocycles. The fourth-order valence-electron chi connectivity index (χ4n) is 8.23. The molecule has 0 nitrogen and oxygen atoms in total. The Labute approximate surface area is 165 Å². The van der Waals surface area contributed by atoms with Crippen molar-refractivity contribution < 1.29 is 0 Å². The summed E-state index contributed by atoms with van der Waals surface area (Å²) >= 11 is 0. The van der Waals surface area contributed by atoms with E-state index in [1.165, 1.54) is 51.4 Å². The van der Waals surface area contributed by atoms with Crippen LogP contribution in [0.25, 0.3) is 0 Å². The molecule has 0 saturated heterocycles. The molecule has 3 rings (SSSR count). The van der Waals surface area contributed by atoms with Crippen molar-refractivity contribution in [3.63, 3.8) is 0 Å². The summed E-state index contributed by atoms with van der Waals surface area (Å²) in [4.78, 5) is 0. The highest BCUT2D eigenvalue weighted by Gasteiger charge is 2.57. The maximum atomic E-state index is 4.07. The molecule has 0 bridgehead atoms. The Morgan fingerprint density at radius 2 is 1.81 bits per heavy atom. The first-order chi connectivity index (χ1) is 12.1. The minimum absolute atomic E-state index is 0. The molecule has 0 N–H and O–H groups in total. The van der Waals surface area contributed by atoms with Gasteiger partial charge >= 0.3 is 0 Å². The second-order valence-electron chi connectivity index (χ2n) is 10.3. The van der Waals surface area contributed by atoms with E-state index in [4.69, 9.17) is 0 Å². The number of rotatable bonds is 7. The molecule has 0 aromatic carbocycles. The van der Waals surface area contributed by atoms with Crippen molar-refractivity contribution in [1.82, 2.24) is 0 Å². The van der Waals surface area contributed by atoms with Gasteiger partial charge in [0.1, 0.15) is 0 Å². The zero-order valence-electron chi connectivity index (χ0n) is 17.6. The molecule has 0 aromatic heterocycles. The van der Waals surface area contributed by atoms with Crippen LogP contribution < -0.4 is 0 Å². The normalized spacial score (nSPS) is 42.0. The minimum Gasteiger partial charge on any atom is -0.103 e. The lowest BCUT2D eigenvalue weighted by atomic mass is 9.48. The third kappa shape index (κ3) is 3.81. The van der Waals surface area contributed by atoms with E-state index in [9.17, 15) is 0 Å². The van der Waals surface area contributed by atoms with Gasteiger partial charge in [0, 0.05) is 0 Å². The Morgan fingerprint density at radius 1 is 1.04 bits per heavy atom. The van der Waals surface area contributed by atoms with E-state index >= 15 is 0 Å². The van der Waals surface area contributed by atoms with Crippen molar-refractivity contribution in [1.29, 1.82) is 0 Å². The number of fused-ring (bicyclic) bond motifs is 3. The lowest BCUT2D eigenvalue weighted by molar-refractivity contribution is -0.0717. The predicted molar refractivity (Wildman–Crippen MR) is 117 cm³/mol. The van der Waals surface area contributed by atoms with Crippen molar-refractivity contribution in [2.24, 2.45) is 46.8 Å². The van der Waals surface area contributed by atoms with Crippen LogP contribution in [0, 0.1) is 46.8 Å². The Bertz CT molecular complexity index is 435. The van der Waals surface area contributed by atoms with Crippen molar-refractivity contribution in [3.05, 3.63) is 12.7 Å². The van der Waals surface area contributed by atoms with Gasteiger partial charge in [-0.3, -0.25) is 0 Å². The van der Waals surface area contributed by atoms with Gasteiger partial charge in [-0.1, -0.05) is 60.5 Å². The van der Waals surface area contributed by atoms with Crippen LogP contribution in [0.2, 0.25) is 0 Å². The van der Waals surface area contributed by atoms with E-state index in [1.54, 1.807) is 19.3 Å². The van der Waals surface area contributed by atoms with Gasteiger partial charge in [-0.05, 0) is 98.2 Å². The highest BCUT2D eigenvalue weighted by Crippen LogP contribution is 2.66. The second-order valence-corrected chi connectivity index (χ2v) is 10.3. The smallest absolute Gasteiger partial charge is 0.0236 e. The summed E-state index contributed by atoms with van der Waals surface area (Å²) < 4.78 is 0. The summed E-state index contributed by atoms with van der Waals surface area (Å²) in [6, 6.07) is 0. The molecule has 3 fully saturated rings. The summed E-state index contributed by atoms with van der Waals surface area (Å²) in [5.41, 5.74) is 0.714. The third-order valence-electron chi connectivity index (χ3n) is 8.79. The van der Waals surface area contributed by atoms with Crippen LogP contribution in [-0.2, 0) is 0 Å². The molecule has 0 aliphatic heterocycles. The van der Waals surface area contributed by atoms with Gasteiger partial charge in [0.05, 0.1) is 0 Å². The van der Waals surface area contributed by atoms with E-state index in [0.717, 1.165) is 41.4 Å². The highest BCUT2D eigenvalue weighted by molar-refractivity contribution is 5.07. The van der Waals surface area contributed by atoms with Crippen LogP contribution >= 0.6 is 0 Å². The van der Waals surface area contributed by atoms with Crippen molar-refractivity contribution in [2.75, 3.05) is 0 Å². The van der Waals surface area contributed by atoms with Crippen molar-refractivity contribution >= 4 is 0 Å². The first kappa shape index (κ1) is 22.0. The molecule has 0 spiro atoms. The van der Waals surface area contributed by atoms with E-state index < -0.39 is 0 Å². The van der Waals surface area contributed by atoms with Crippen LogP contribution in [0.1, 0.15) is 106 Å². The average Bonchev–Trinajstić information content (AvgIpc) is 2.94. The summed E-state index contributed by atoms with van der Waals surface area (Å²) in [7, 11) is 0. The number of hydrogen-bond acceptors (Lipinski definition) is 0. The fraction of sp³-hybridized carbons (Fsp3) is 0.923. The third-order valence-corrected chi connectivity index (χ3v) is 8.79. The number of hydrogen-bond donors (Lipinski definition) is 0. The summed E-state index contributed by atoms with van der Waals surface area (Å²) in [6.07, 6.45) is 18.5. The van der Waals surface area contributed by atoms with Gasteiger partial charge in [-0.2, -0.15) is 0 Å². The van der Waals surface area contributed by atoms with Crippen LogP contribution in [0.15, 0.2) is 12.7 Å². The summed E-state index contributed by atoms with van der Waals surface area (Å²) in [6.45, 7) is 13.9. The maximum Gasteiger partial charge on any atom is -0.0236 e. The van der Waals surface area contributed by atoms with E-state index in [-0.39, 0.29) is 7.43 Å². The van der Waals surface area contributed by atoms with Gasteiger partial charge in [0.15, 0.2) is 0 Å². The zero-order valence-corrected chi connectivity index (χ0v) is 17.6. The van der Waals surface area contributed by atoms with Gasteiger partial charge in [-0.15, -0.1) is 6.58 Å². The molecule has 152 valence electrons. The van der Waals surface area contributed by atoms with Gasteiger partial charge < -0.3 is 0 Å². The zero-order chi connectivity index (χ0) is 18.0. The Kier molecular flexibility index (Phi) is 7.87. The molecule has 7 atom stereocenters. The largest absolute Gasteiger partial charge is 0.103 e. The second kappa shape index (κ2) is 9.29. The SMILES string of the molecule is C.C=CCC1CCC2C(CCC3(CC(C)C)C(CC)CCC23)C1CCC. The Morgan fingerprint density at radius 3 is 2.42 bits per heavy atom. The van der Waals surface area contributed by atoms with Gasteiger partial charge in [-0.25, -0.2) is 0 Å². The standard InChI is InChI=1S/C25H44.CH4/c1-6-9-19-11-13-23-22(21(19)10-7-2)15-16-25(17-18(4)5)20(8-3)12-14-24(23)25;/h6,18-24H,1,7-17H2,2-5H3;1H4. The molecule has 0 heteroatoms. The van der Waals surface area contributed by atoms with Crippen LogP contribution in [-0.4, -0.2) is 0 Å². The summed E-state index contributed by atoms with van der Waals surface area (Å²) in [5.74, 6) is 6.99. The fourth-order valence-corrected chi connectivity index (χ4v) is 8.23. The number of allylic oxidation sites excluding steroid dienone is 1. The molecular formula is C26H48. The van der Waals surface area contributed by atoms with Crippen molar-refractivity contribution in [2.45, 2.75) is 106 Å². The highest BCUT2D eigenvalue weighted by atomic mass is 14.6. The first-order valence-electron chi connectivity index (χ1n) is 11.7. The molecule has 7 unspecified atom stereocenters. The quantitative estimate of drug-likeness (QED) is 0.399. The van der Waals surface area contributed by atoms with Gasteiger partial charge in [0.25, 0.3) is 0 Å². The van der Waals surface area contributed by atoms with Gasteiger partial charge in [0.2, 0.25) is 0 Å². The average molecular weight is 361 g/mol. The Balaban J connectivity index is 0.00000243. The molecule has 0 aromatic rings. The van der Waals surface area contributed by atoms with Crippen LogP contribution in [0.3, 0.4) is 0 Å². The van der Waals surface area contributed by atoms with Crippen molar-refractivity contribution in [3.8, 4) is 0 Å². The molecule has 26 heavy (non-hydrogen) atoms. The predicted octanol–water partition coefficient (Wildman–Crippen LogP) is 8.52. The van der Waals surface area contributed by atoms with E-state index in [2.05, 4.69) is 40.3 Å². The van der Waals surface area contributed by atoms with Crippen LogP contribution in [0.5, 0.6) is 0 Å². The first-order valence-corrected chi connectivity index (χ1v) is 11.7. The lowest BCUT2D eigenvalue weighted by Gasteiger charge is -2.56. The lowest BCUT2D eigenvalue weighted by Crippen LogP contribution is -2.49. The molecule has 0 amide bonds.